The van der Waals surface area contributed by atoms with Gasteiger partial charge in [-0.05, 0) is 50.8 Å². The molecule has 2 heteroatoms. The summed E-state index contributed by atoms with van der Waals surface area (Å²) < 4.78 is 0. The molecule has 0 fully saturated rings. The van der Waals surface area contributed by atoms with Gasteiger partial charge in [-0.15, -0.1) is 0 Å². The molecule has 23 heavy (non-hydrogen) atoms. The number of benzene rings is 2. The van der Waals surface area contributed by atoms with Gasteiger partial charge < -0.3 is 5.11 Å². The van der Waals surface area contributed by atoms with E-state index in [1.54, 1.807) is 0 Å². The molecule has 0 aliphatic heterocycles. The maximum Gasteiger partial charge on any atom is 0.0707 e. The maximum absolute atomic E-state index is 10.5. The van der Waals surface area contributed by atoms with E-state index in [4.69, 9.17) is 0 Å². The van der Waals surface area contributed by atoms with Crippen LogP contribution in [-0.4, -0.2) is 28.7 Å². The van der Waals surface area contributed by atoms with E-state index >= 15 is 0 Å². The molecule has 0 bridgehead atoms. The van der Waals surface area contributed by atoms with Gasteiger partial charge in [0, 0.05) is 19.1 Å². The fourth-order valence-electron chi connectivity index (χ4n) is 2.87. The first-order valence-electron chi connectivity index (χ1n) is 8.48. The second-order valence-corrected chi connectivity index (χ2v) is 6.80. The van der Waals surface area contributed by atoms with Crippen molar-refractivity contribution in [3.05, 3.63) is 70.8 Å². The molecule has 2 aromatic carbocycles. The van der Waals surface area contributed by atoms with Crippen LogP contribution in [0.5, 0.6) is 0 Å². The minimum Gasteiger partial charge on any atom is -0.391 e. The first kappa shape index (κ1) is 17.7. The van der Waals surface area contributed by atoms with Crippen LogP contribution in [0.15, 0.2) is 48.5 Å². The molecule has 0 aromatic heterocycles. The third kappa shape index (κ3) is 5.49. The predicted octanol–water partition coefficient (Wildman–Crippen LogP) is 4.12. The lowest BCUT2D eigenvalue weighted by Gasteiger charge is -2.29. The summed E-state index contributed by atoms with van der Waals surface area (Å²) in [4.78, 5) is 2.36. The highest BCUT2D eigenvalue weighted by Crippen LogP contribution is 2.16. The lowest BCUT2D eigenvalue weighted by Crippen LogP contribution is -2.38. The van der Waals surface area contributed by atoms with Gasteiger partial charge in [0.15, 0.2) is 0 Å². The van der Waals surface area contributed by atoms with Gasteiger partial charge in [0.25, 0.3) is 0 Å². The fraction of sp³-hybridized carbons (Fsp3) is 0.429. The number of nitrogens with zero attached hydrogens (tertiary/aromatic N) is 1. The lowest BCUT2D eigenvalue weighted by molar-refractivity contribution is 0.0907. The zero-order valence-electron chi connectivity index (χ0n) is 14.8. The Labute approximate surface area is 140 Å². The van der Waals surface area contributed by atoms with Crippen molar-refractivity contribution in [1.82, 2.24) is 4.90 Å². The summed E-state index contributed by atoms with van der Waals surface area (Å²) in [7, 11) is 0. The quantitative estimate of drug-likeness (QED) is 0.831. The molecule has 1 N–H and O–H groups in total. The standard InChI is InChI=1S/C21H29NO/c1-16(2)22(14-20-12-17(3)10-11-18(20)4)15-21(23)13-19-8-6-5-7-9-19/h5-12,16,21,23H,13-15H2,1-4H3. The van der Waals surface area contributed by atoms with Crippen LogP contribution in [-0.2, 0) is 13.0 Å². The third-order valence-corrected chi connectivity index (χ3v) is 4.37. The minimum absolute atomic E-state index is 0.343. The number of aliphatic hydroxyl groups is 1. The Morgan fingerprint density at radius 2 is 1.70 bits per heavy atom. The number of aryl methyl sites for hydroxylation is 2. The van der Waals surface area contributed by atoms with Gasteiger partial charge in [0.05, 0.1) is 6.10 Å². The molecule has 0 radical (unpaired) electrons. The predicted molar refractivity (Wildman–Crippen MR) is 97.6 cm³/mol. The van der Waals surface area contributed by atoms with E-state index in [9.17, 15) is 5.11 Å². The van der Waals surface area contributed by atoms with Crippen LogP contribution < -0.4 is 0 Å². The van der Waals surface area contributed by atoms with Gasteiger partial charge in [-0.3, -0.25) is 4.90 Å². The Balaban J connectivity index is 2.02. The third-order valence-electron chi connectivity index (χ3n) is 4.37. The second kappa shape index (κ2) is 8.28. The monoisotopic (exact) mass is 311 g/mol. The summed E-state index contributed by atoms with van der Waals surface area (Å²) in [6.07, 6.45) is 0.363. The fourth-order valence-corrected chi connectivity index (χ4v) is 2.87. The molecule has 0 aliphatic carbocycles. The minimum atomic E-state index is -0.343. The van der Waals surface area contributed by atoms with Gasteiger partial charge in [-0.25, -0.2) is 0 Å². The van der Waals surface area contributed by atoms with Crippen molar-refractivity contribution in [2.75, 3.05) is 6.54 Å². The van der Waals surface area contributed by atoms with Gasteiger partial charge in [0.1, 0.15) is 0 Å². The number of hydrogen-bond donors (Lipinski definition) is 1. The van der Waals surface area contributed by atoms with Crippen molar-refractivity contribution >= 4 is 0 Å². The molecule has 1 unspecified atom stereocenters. The molecule has 2 nitrogen and oxygen atoms in total. The highest BCUT2D eigenvalue weighted by Gasteiger charge is 2.16. The van der Waals surface area contributed by atoms with Crippen molar-refractivity contribution in [3.8, 4) is 0 Å². The van der Waals surface area contributed by atoms with E-state index in [1.807, 2.05) is 18.2 Å². The Morgan fingerprint density at radius 3 is 2.35 bits per heavy atom. The number of aliphatic hydroxyl groups excluding tert-OH is 1. The van der Waals surface area contributed by atoms with Crippen molar-refractivity contribution in [2.45, 2.75) is 52.8 Å². The molecule has 0 heterocycles. The molecular weight excluding hydrogens is 282 g/mol. The van der Waals surface area contributed by atoms with Crippen molar-refractivity contribution in [3.63, 3.8) is 0 Å². The lowest BCUT2D eigenvalue weighted by atomic mass is 10.0. The van der Waals surface area contributed by atoms with E-state index in [0.717, 1.165) is 6.54 Å². The Hall–Kier alpha value is -1.64. The van der Waals surface area contributed by atoms with Crippen molar-refractivity contribution in [2.24, 2.45) is 0 Å². The van der Waals surface area contributed by atoms with E-state index in [2.05, 4.69) is 62.9 Å². The van der Waals surface area contributed by atoms with Crippen LogP contribution in [0, 0.1) is 13.8 Å². The molecule has 0 saturated heterocycles. The first-order valence-corrected chi connectivity index (χ1v) is 8.48. The summed E-state index contributed by atoms with van der Waals surface area (Å²) in [5, 5.41) is 10.5. The Morgan fingerprint density at radius 1 is 1.00 bits per heavy atom. The maximum atomic E-state index is 10.5. The van der Waals surface area contributed by atoms with Crippen LogP contribution in [0.3, 0.4) is 0 Å². The molecule has 0 spiro atoms. The van der Waals surface area contributed by atoms with Crippen LogP contribution >= 0.6 is 0 Å². The molecular formula is C21H29NO. The number of rotatable bonds is 7. The topological polar surface area (TPSA) is 23.5 Å². The van der Waals surface area contributed by atoms with Gasteiger partial charge in [0.2, 0.25) is 0 Å². The largest absolute Gasteiger partial charge is 0.391 e. The van der Waals surface area contributed by atoms with Crippen molar-refractivity contribution < 1.29 is 5.11 Å². The molecule has 0 aliphatic rings. The molecule has 124 valence electrons. The summed E-state index contributed by atoms with van der Waals surface area (Å²) in [5.41, 5.74) is 5.15. The summed E-state index contributed by atoms with van der Waals surface area (Å²) >= 11 is 0. The zero-order chi connectivity index (χ0) is 16.8. The normalized spacial score (nSPS) is 12.8. The highest BCUT2D eigenvalue weighted by atomic mass is 16.3. The average Bonchev–Trinajstić information content (AvgIpc) is 2.51. The average molecular weight is 311 g/mol. The molecule has 0 amide bonds. The molecule has 1 atom stereocenters. The Bertz CT molecular complexity index is 606. The van der Waals surface area contributed by atoms with Crippen LogP contribution in [0.2, 0.25) is 0 Å². The summed E-state index contributed by atoms with van der Waals surface area (Å²) in [6, 6.07) is 17.2. The Kier molecular flexibility index (Phi) is 6.37. The van der Waals surface area contributed by atoms with Gasteiger partial charge in [-0.2, -0.15) is 0 Å². The van der Waals surface area contributed by atoms with Gasteiger partial charge >= 0.3 is 0 Å². The molecule has 2 aromatic rings. The van der Waals surface area contributed by atoms with E-state index in [0.29, 0.717) is 19.0 Å². The van der Waals surface area contributed by atoms with Gasteiger partial charge in [-0.1, -0.05) is 54.1 Å². The van der Waals surface area contributed by atoms with Crippen LogP contribution in [0.25, 0.3) is 0 Å². The highest BCUT2D eigenvalue weighted by molar-refractivity contribution is 5.30. The molecule has 2 rings (SSSR count). The van der Waals surface area contributed by atoms with E-state index in [1.165, 1.54) is 22.3 Å². The smallest absolute Gasteiger partial charge is 0.0707 e. The summed E-state index contributed by atoms with van der Waals surface area (Å²) in [6.45, 7) is 10.3. The van der Waals surface area contributed by atoms with E-state index < -0.39 is 0 Å². The van der Waals surface area contributed by atoms with Crippen LogP contribution in [0.1, 0.15) is 36.1 Å². The number of hydrogen-bond acceptors (Lipinski definition) is 2. The zero-order valence-corrected chi connectivity index (χ0v) is 14.8. The van der Waals surface area contributed by atoms with Crippen molar-refractivity contribution in [1.29, 1.82) is 0 Å². The summed E-state index contributed by atoms with van der Waals surface area (Å²) in [5.74, 6) is 0. The first-order chi connectivity index (χ1) is 11.0. The molecule has 0 saturated carbocycles. The van der Waals surface area contributed by atoms with E-state index in [-0.39, 0.29) is 6.10 Å². The van der Waals surface area contributed by atoms with Crippen LogP contribution in [0.4, 0.5) is 0 Å². The second-order valence-electron chi connectivity index (χ2n) is 6.80. The SMILES string of the molecule is Cc1ccc(C)c(CN(CC(O)Cc2ccccc2)C(C)C)c1.